The van der Waals surface area contributed by atoms with Crippen LogP contribution in [-0.2, 0) is 11.3 Å². The molecule has 0 spiro atoms. The van der Waals surface area contributed by atoms with Gasteiger partial charge in [-0.05, 0) is 63.6 Å². The van der Waals surface area contributed by atoms with Crippen molar-refractivity contribution in [3.05, 3.63) is 53.0 Å². The van der Waals surface area contributed by atoms with Crippen LogP contribution in [0.1, 0.15) is 41.3 Å². The minimum atomic E-state index is -3.74. The second-order valence-electron chi connectivity index (χ2n) is 9.08. The molecule has 8 nitrogen and oxygen atoms in total. The Bertz CT molecular complexity index is 1280. The topological polar surface area (TPSA) is 85.8 Å². The first-order chi connectivity index (χ1) is 17.1. The quantitative estimate of drug-likeness (QED) is 0.527. The molecule has 1 fully saturated rings. The number of halogens is 2. The van der Waals surface area contributed by atoms with Gasteiger partial charge >= 0.3 is 6.29 Å². The Kier molecular flexibility index (Phi) is 6.29. The number of hydrogen-bond donors (Lipinski definition) is 1. The van der Waals surface area contributed by atoms with Crippen LogP contribution >= 0.6 is 11.3 Å². The summed E-state index contributed by atoms with van der Waals surface area (Å²) in [5, 5.41) is 3.72. The Labute approximate surface area is 211 Å². The molecule has 0 aliphatic carbocycles. The molecule has 0 saturated carbocycles. The molecule has 1 amide bonds. The third-order valence-electron chi connectivity index (χ3n) is 5.80. The van der Waals surface area contributed by atoms with E-state index < -0.39 is 12.2 Å². The molecule has 2 aliphatic rings. The Morgan fingerprint density at radius 3 is 2.44 bits per heavy atom. The maximum atomic E-state index is 13.3. The number of pyridine rings is 1. The van der Waals surface area contributed by atoms with Crippen LogP contribution in [0.25, 0.3) is 10.4 Å². The molecule has 4 heterocycles. The van der Waals surface area contributed by atoms with Crippen molar-refractivity contribution in [3.63, 3.8) is 0 Å². The van der Waals surface area contributed by atoms with E-state index in [4.69, 9.17) is 9.72 Å². The van der Waals surface area contributed by atoms with Crippen LogP contribution in [0.3, 0.4) is 0 Å². The number of morpholine rings is 1. The molecule has 1 aromatic carbocycles. The normalized spacial score (nSPS) is 20.4. The number of anilines is 1. The Balaban J connectivity index is 1.41. The fraction of sp³-hybridized carbons (Fsp3) is 0.400. The minimum Gasteiger partial charge on any atom is -0.395 e. The van der Waals surface area contributed by atoms with Gasteiger partial charge in [0, 0.05) is 30.0 Å². The van der Waals surface area contributed by atoms with E-state index in [1.807, 2.05) is 39.8 Å². The van der Waals surface area contributed by atoms with Crippen molar-refractivity contribution in [3.8, 4) is 21.9 Å². The number of fused-ring (bicyclic) bond motifs is 1. The smallest absolute Gasteiger partial charge is 0.395 e. The van der Waals surface area contributed by atoms with E-state index in [1.54, 1.807) is 11.3 Å². The predicted molar refractivity (Wildman–Crippen MR) is 131 cm³/mol. The van der Waals surface area contributed by atoms with Gasteiger partial charge in [0.15, 0.2) is 16.6 Å². The second kappa shape index (κ2) is 9.29. The summed E-state index contributed by atoms with van der Waals surface area (Å²) in [6.07, 6.45) is -3.58. The highest BCUT2D eigenvalue weighted by Crippen LogP contribution is 2.41. The average molecular weight is 517 g/mol. The highest BCUT2D eigenvalue weighted by molar-refractivity contribution is 7.19. The number of benzene rings is 1. The van der Waals surface area contributed by atoms with Crippen molar-refractivity contribution in [2.45, 2.75) is 52.7 Å². The molecule has 36 heavy (non-hydrogen) atoms. The summed E-state index contributed by atoms with van der Waals surface area (Å²) >= 11 is 1.56. The molecule has 2 aromatic heterocycles. The number of thiazole rings is 1. The Morgan fingerprint density at radius 1 is 1.08 bits per heavy atom. The van der Waals surface area contributed by atoms with Crippen molar-refractivity contribution in [1.29, 1.82) is 0 Å². The molecular weight excluding hydrogens is 490 g/mol. The lowest BCUT2D eigenvalue weighted by molar-refractivity contribution is -0.286. The van der Waals surface area contributed by atoms with E-state index in [2.05, 4.69) is 24.7 Å². The minimum absolute atomic E-state index is 0.0769. The van der Waals surface area contributed by atoms with Gasteiger partial charge < -0.3 is 24.4 Å². The van der Waals surface area contributed by atoms with Gasteiger partial charge in [-0.15, -0.1) is 8.78 Å². The van der Waals surface area contributed by atoms with E-state index in [0.717, 1.165) is 40.0 Å². The van der Waals surface area contributed by atoms with Crippen LogP contribution in [0.4, 0.5) is 13.9 Å². The van der Waals surface area contributed by atoms with Crippen molar-refractivity contribution in [1.82, 2.24) is 15.3 Å². The number of rotatable bonds is 5. The molecule has 0 radical (unpaired) electrons. The number of alkyl halides is 2. The van der Waals surface area contributed by atoms with Crippen LogP contribution in [0.15, 0.2) is 30.3 Å². The lowest BCUT2D eigenvalue weighted by Crippen LogP contribution is -2.45. The first-order valence-electron chi connectivity index (χ1n) is 11.6. The SMILES string of the molecule is Cc1cc(-c2sc(N3C[C@@H](C)O[C@@H](C)C3)nc2CNC(=O)c2ccc3c(c2)OC(F)(F)O3)cc(C)n1. The Hall–Kier alpha value is -3.31. The van der Waals surface area contributed by atoms with Gasteiger partial charge in [0.1, 0.15) is 0 Å². The summed E-state index contributed by atoms with van der Waals surface area (Å²) in [7, 11) is 0. The first kappa shape index (κ1) is 24.4. The van der Waals surface area contributed by atoms with Crippen molar-refractivity contribution in [2.24, 2.45) is 0 Å². The fourth-order valence-corrected chi connectivity index (χ4v) is 5.56. The molecule has 5 rings (SSSR count). The Morgan fingerprint density at radius 2 is 1.75 bits per heavy atom. The molecule has 0 bridgehead atoms. The molecule has 1 saturated heterocycles. The number of carbonyl (C=O) groups is 1. The van der Waals surface area contributed by atoms with Crippen molar-refractivity contribution >= 4 is 22.4 Å². The summed E-state index contributed by atoms with van der Waals surface area (Å²) in [6.45, 7) is 9.55. The lowest BCUT2D eigenvalue weighted by Gasteiger charge is -2.35. The molecule has 1 N–H and O–H groups in total. The third kappa shape index (κ3) is 5.12. The van der Waals surface area contributed by atoms with Crippen LogP contribution in [-0.4, -0.2) is 47.5 Å². The van der Waals surface area contributed by atoms with Crippen LogP contribution in [0.2, 0.25) is 0 Å². The van der Waals surface area contributed by atoms with Gasteiger partial charge in [-0.2, -0.15) is 0 Å². The number of carbonyl (C=O) groups excluding carboxylic acids is 1. The number of amides is 1. The number of hydrogen-bond acceptors (Lipinski definition) is 8. The molecule has 190 valence electrons. The highest BCUT2D eigenvalue weighted by Gasteiger charge is 2.43. The summed E-state index contributed by atoms with van der Waals surface area (Å²) in [6, 6.07) is 7.95. The number of nitrogens with one attached hydrogen (secondary N) is 1. The lowest BCUT2D eigenvalue weighted by atomic mass is 10.1. The maximum absolute atomic E-state index is 13.3. The fourth-order valence-electron chi connectivity index (χ4n) is 4.48. The highest BCUT2D eigenvalue weighted by atomic mass is 32.1. The van der Waals surface area contributed by atoms with Gasteiger partial charge in [0.25, 0.3) is 5.91 Å². The van der Waals surface area contributed by atoms with E-state index in [0.29, 0.717) is 5.69 Å². The molecular formula is C25H26F2N4O4S. The average Bonchev–Trinajstić information content (AvgIpc) is 3.35. The largest absolute Gasteiger partial charge is 0.586 e. The van der Waals surface area contributed by atoms with Gasteiger partial charge in [0.2, 0.25) is 0 Å². The van der Waals surface area contributed by atoms with Gasteiger partial charge in [-0.3, -0.25) is 9.78 Å². The molecule has 2 atom stereocenters. The number of aryl methyl sites for hydroxylation is 2. The summed E-state index contributed by atoms with van der Waals surface area (Å²) in [4.78, 5) is 25.4. The van der Waals surface area contributed by atoms with E-state index in [1.165, 1.54) is 18.2 Å². The second-order valence-corrected chi connectivity index (χ2v) is 10.1. The zero-order valence-electron chi connectivity index (χ0n) is 20.3. The monoisotopic (exact) mass is 516 g/mol. The van der Waals surface area contributed by atoms with Crippen LogP contribution in [0.5, 0.6) is 11.5 Å². The predicted octanol–water partition coefficient (Wildman–Crippen LogP) is 4.69. The molecule has 0 unspecified atom stereocenters. The van der Waals surface area contributed by atoms with Crippen LogP contribution in [0, 0.1) is 13.8 Å². The number of nitrogens with zero attached hydrogens (tertiary/aromatic N) is 3. The number of ether oxygens (including phenoxy) is 3. The third-order valence-corrected chi connectivity index (χ3v) is 7.01. The van der Waals surface area contributed by atoms with Gasteiger partial charge in [-0.25, -0.2) is 4.98 Å². The summed E-state index contributed by atoms with van der Waals surface area (Å²) in [5.41, 5.74) is 3.65. The maximum Gasteiger partial charge on any atom is 0.586 e. The zero-order valence-corrected chi connectivity index (χ0v) is 21.1. The van der Waals surface area contributed by atoms with Gasteiger partial charge in [0.05, 0.1) is 29.3 Å². The molecule has 3 aromatic rings. The van der Waals surface area contributed by atoms with E-state index in [-0.39, 0.29) is 35.8 Å². The summed E-state index contributed by atoms with van der Waals surface area (Å²) < 4.78 is 41.4. The van der Waals surface area contributed by atoms with Crippen LogP contribution < -0.4 is 19.7 Å². The van der Waals surface area contributed by atoms with E-state index in [9.17, 15) is 13.6 Å². The molecule has 11 heteroatoms. The van der Waals surface area contributed by atoms with Gasteiger partial charge in [-0.1, -0.05) is 11.3 Å². The van der Waals surface area contributed by atoms with E-state index >= 15 is 0 Å². The number of aromatic nitrogens is 2. The first-order valence-corrected chi connectivity index (χ1v) is 12.4. The summed E-state index contributed by atoms with van der Waals surface area (Å²) in [5.74, 6) is -0.726. The standard InChI is InChI=1S/C25H26F2N4O4S/c1-13-7-18(8-14(2)29-13)22-19(30-24(36-22)31-11-15(3)33-16(4)12-31)10-28-23(32)17-5-6-20-21(9-17)35-25(26,27)34-20/h5-9,15-16H,10-12H2,1-4H3,(H,28,32)/t15-,16+. The van der Waals surface area contributed by atoms with Crippen molar-refractivity contribution < 1.29 is 27.8 Å². The zero-order chi connectivity index (χ0) is 25.6. The van der Waals surface area contributed by atoms with Crippen molar-refractivity contribution in [2.75, 3.05) is 18.0 Å². The molecule has 2 aliphatic heterocycles.